The minimum atomic E-state index is -3.00. The molecule has 26 heavy (non-hydrogen) atoms. The highest BCUT2D eigenvalue weighted by atomic mass is 32.2. The molecule has 0 amide bonds. The summed E-state index contributed by atoms with van der Waals surface area (Å²) in [5, 5.41) is 6.70. The van der Waals surface area contributed by atoms with Gasteiger partial charge in [-0.2, -0.15) is 0 Å². The molecule has 2 N–H and O–H groups in total. The number of aliphatic imine (C=N–C) groups is 1. The Morgan fingerprint density at radius 1 is 1.15 bits per heavy atom. The van der Waals surface area contributed by atoms with Crippen LogP contribution in [0.15, 0.2) is 41.4 Å². The lowest BCUT2D eigenvalue weighted by Gasteiger charge is -2.17. The summed E-state index contributed by atoms with van der Waals surface area (Å²) in [4.78, 5) is 6.96. The normalized spacial score (nSPS) is 13.5. The number of hydrogen-bond acceptors (Lipinski definition) is 4. The van der Waals surface area contributed by atoms with Gasteiger partial charge in [-0.05, 0) is 37.1 Å². The second-order valence-corrected chi connectivity index (χ2v) is 10.1. The van der Waals surface area contributed by atoms with Crippen LogP contribution in [0.1, 0.15) is 27.8 Å². The summed E-state index contributed by atoms with van der Waals surface area (Å²) >= 11 is 1.82. The lowest BCUT2D eigenvalue weighted by molar-refractivity contribution is 0.601. The molecule has 5 nitrogen and oxygen atoms in total. The zero-order valence-electron chi connectivity index (χ0n) is 15.7. The van der Waals surface area contributed by atoms with Crippen LogP contribution in [0.25, 0.3) is 0 Å². The van der Waals surface area contributed by atoms with Crippen LogP contribution in [0.2, 0.25) is 0 Å². The van der Waals surface area contributed by atoms with Crippen LogP contribution in [0.3, 0.4) is 0 Å². The lowest BCUT2D eigenvalue weighted by Crippen LogP contribution is -2.42. The molecule has 7 heteroatoms. The number of nitrogens with one attached hydrogen (secondary N) is 2. The fourth-order valence-electron chi connectivity index (χ4n) is 2.62. The summed E-state index contributed by atoms with van der Waals surface area (Å²) in [6, 6.07) is 12.2. The first kappa shape index (κ1) is 20.5. The topological polar surface area (TPSA) is 70.6 Å². The number of aryl methyl sites for hydroxylation is 1. The lowest BCUT2D eigenvalue weighted by atomic mass is 10.1. The molecule has 0 saturated heterocycles. The number of guanidine groups is 1. The molecule has 0 fully saturated rings. The maximum Gasteiger partial charge on any atom is 0.191 e. The van der Waals surface area contributed by atoms with Gasteiger partial charge in [-0.3, -0.25) is 4.99 Å². The van der Waals surface area contributed by atoms with Gasteiger partial charge >= 0.3 is 0 Å². The van der Waals surface area contributed by atoms with Crippen molar-refractivity contribution < 1.29 is 8.42 Å². The summed E-state index contributed by atoms with van der Waals surface area (Å²) in [7, 11) is -1.24. The average molecular weight is 394 g/mol. The molecular formula is C19H27N3O2S2. The predicted octanol–water partition coefficient (Wildman–Crippen LogP) is 2.90. The van der Waals surface area contributed by atoms with Crippen molar-refractivity contribution in [2.75, 3.05) is 13.3 Å². The van der Waals surface area contributed by atoms with Gasteiger partial charge in [0.1, 0.15) is 0 Å². The standard InChI is InChI=1S/C19H27N3O2S2/c1-14(11-18-10-5-15(2)25-18)22-19(20-3)21-12-16-6-8-17(9-7-16)13-26(4,23)24/h5-10,14H,11-13H2,1-4H3,(H2,20,21,22). The zero-order chi connectivity index (χ0) is 19.2. The van der Waals surface area contributed by atoms with Crippen LogP contribution >= 0.6 is 11.3 Å². The van der Waals surface area contributed by atoms with Crippen LogP contribution in [0, 0.1) is 6.92 Å². The molecule has 1 heterocycles. The monoisotopic (exact) mass is 393 g/mol. The van der Waals surface area contributed by atoms with Crippen LogP contribution < -0.4 is 10.6 Å². The Morgan fingerprint density at radius 3 is 2.35 bits per heavy atom. The molecule has 1 unspecified atom stereocenters. The molecule has 2 rings (SSSR count). The second kappa shape index (κ2) is 9.19. The number of benzene rings is 1. The van der Waals surface area contributed by atoms with Gasteiger partial charge in [-0.25, -0.2) is 8.42 Å². The van der Waals surface area contributed by atoms with Gasteiger partial charge in [-0.1, -0.05) is 24.3 Å². The van der Waals surface area contributed by atoms with Crippen LogP contribution in [0.4, 0.5) is 0 Å². The third-order valence-electron chi connectivity index (χ3n) is 3.82. The SMILES string of the molecule is CN=C(NCc1ccc(CS(C)(=O)=O)cc1)NC(C)Cc1ccc(C)s1. The van der Waals surface area contributed by atoms with Crippen molar-refractivity contribution in [1.82, 2.24) is 10.6 Å². The van der Waals surface area contributed by atoms with Gasteiger partial charge in [0.25, 0.3) is 0 Å². The van der Waals surface area contributed by atoms with E-state index in [0.29, 0.717) is 6.54 Å². The summed E-state index contributed by atoms with van der Waals surface area (Å²) in [6.45, 7) is 4.89. The number of nitrogens with zero attached hydrogens (tertiary/aromatic N) is 1. The van der Waals surface area contributed by atoms with Gasteiger partial charge in [0.15, 0.2) is 15.8 Å². The quantitative estimate of drug-likeness (QED) is 0.560. The van der Waals surface area contributed by atoms with Gasteiger partial charge in [0.05, 0.1) is 5.75 Å². The molecule has 142 valence electrons. The molecule has 0 aliphatic heterocycles. The van der Waals surface area contributed by atoms with E-state index >= 15 is 0 Å². The average Bonchev–Trinajstić information content (AvgIpc) is 2.96. The highest BCUT2D eigenvalue weighted by molar-refractivity contribution is 7.89. The number of rotatable bonds is 7. The van der Waals surface area contributed by atoms with Crippen molar-refractivity contribution in [3.8, 4) is 0 Å². The largest absolute Gasteiger partial charge is 0.354 e. The van der Waals surface area contributed by atoms with Gasteiger partial charge < -0.3 is 10.6 Å². The molecule has 1 atom stereocenters. The van der Waals surface area contributed by atoms with Crippen molar-refractivity contribution >= 4 is 27.1 Å². The minimum absolute atomic E-state index is 0.0731. The number of sulfone groups is 1. The third-order valence-corrected chi connectivity index (χ3v) is 5.70. The summed E-state index contributed by atoms with van der Waals surface area (Å²) in [5.41, 5.74) is 1.88. The van der Waals surface area contributed by atoms with Crippen LogP contribution in [-0.2, 0) is 28.6 Å². The van der Waals surface area contributed by atoms with E-state index in [1.807, 2.05) is 35.6 Å². The maximum atomic E-state index is 11.3. The van der Waals surface area contributed by atoms with E-state index in [4.69, 9.17) is 0 Å². The second-order valence-electron chi connectivity index (χ2n) is 6.57. The van der Waals surface area contributed by atoms with Crippen molar-refractivity contribution in [2.45, 2.75) is 38.6 Å². The van der Waals surface area contributed by atoms with Gasteiger partial charge in [0.2, 0.25) is 0 Å². The fraction of sp³-hybridized carbons (Fsp3) is 0.421. The smallest absolute Gasteiger partial charge is 0.191 e. The molecule has 1 aromatic heterocycles. The molecular weight excluding hydrogens is 366 g/mol. The van der Waals surface area contributed by atoms with Crippen molar-refractivity contribution in [2.24, 2.45) is 4.99 Å². The van der Waals surface area contributed by atoms with Crippen LogP contribution in [0.5, 0.6) is 0 Å². The Bertz CT molecular complexity index is 840. The molecule has 0 aliphatic carbocycles. The van der Waals surface area contributed by atoms with Gasteiger partial charge in [0, 0.05) is 42.1 Å². The van der Waals surface area contributed by atoms with E-state index in [1.54, 1.807) is 7.05 Å². The Hall–Kier alpha value is -1.86. The summed E-state index contributed by atoms with van der Waals surface area (Å²) < 4.78 is 22.7. The molecule has 0 radical (unpaired) electrons. The van der Waals surface area contributed by atoms with Crippen molar-refractivity contribution in [1.29, 1.82) is 0 Å². The highest BCUT2D eigenvalue weighted by Crippen LogP contribution is 2.16. The molecule has 0 spiro atoms. The molecule has 1 aromatic carbocycles. The van der Waals surface area contributed by atoms with Crippen LogP contribution in [-0.4, -0.2) is 33.7 Å². The first-order valence-electron chi connectivity index (χ1n) is 8.53. The Labute approximate surface area is 160 Å². The van der Waals surface area contributed by atoms with E-state index in [-0.39, 0.29) is 11.8 Å². The Kier molecular flexibility index (Phi) is 7.23. The van der Waals surface area contributed by atoms with Crippen molar-refractivity contribution in [3.63, 3.8) is 0 Å². The first-order chi connectivity index (χ1) is 12.2. The fourth-order valence-corrected chi connectivity index (χ4v) is 4.43. The van der Waals surface area contributed by atoms with Gasteiger partial charge in [-0.15, -0.1) is 11.3 Å². The third kappa shape index (κ3) is 7.17. The minimum Gasteiger partial charge on any atom is -0.354 e. The molecule has 2 aromatic rings. The number of thiophene rings is 1. The Morgan fingerprint density at radius 2 is 1.81 bits per heavy atom. The molecule has 0 aliphatic rings. The zero-order valence-corrected chi connectivity index (χ0v) is 17.4. The van der Waals surface area contributed by atoms with E-state index in [2.05, 4.69) is 41.6 Å². The van der Waals surface area contributed by atoms with Crippen molar-refractivity contribution in [3.05, 3.63) is 57.3 Å². The first-order valence-corrected chi connectivity index (χ1v) is 11.4. The van der Waals surface area contributed by atoms with E-state index in [0.717, 1.165) is 23.5 Å². The van der Waals surface area contributed by atoms with E-state index in [9.17, 15) is 8.42 Å². The summed E-state index contributed by atoms with van der Waals surface area (Å²) in [5.74, 6) is 0.829. The number of hydrogen-bond donors (Lipinski definition) is 2. The predicted molar refractivity (Wildman–Crippen MR) is 111 cm³/mol. The highest BCUT2D eigenvalue weighted by Gasteiger charge is 2.08. The van der Waals surface area contributed by atoms with E-state index in [1.165, 1.54) is 16.0 Å². The Balaban J connectivity index is 1.84. The maximum absolute atomic E-state index is 11.3. The molecule has 0 bridgehead atoms. The summed E-state index contributed by atoms with van der Waals surface area (Å²) in [6.07, 6.45) is 2.20. The molecule has 0 saturated carbocycles. The van der Waals surface area contributed by atoms with E-state index < -0.39 is 9.84 Å².